The van der Waals surface area contributed by atoms with E-state index in [2.05, 4.69) is 36.5 Å². The molecule has 0 unspecified atom stereocenters. The van der Waals surface area contributed by atoms with Crippen LogP contribution in [0.2, 0.25) is 0 Å². The van der Waals surface area contributed by atoms with Crippen LogP contribution in [0.3, 0.4) is 0 Å². The van der Waals surface area contributed by atoms with Crippen LogP contribution >= 0.6 is 0 Å². The van der Waals surface area contributed by atoms with E-state index in [0.29, 0.717) is 6.54 Å². The van der Waals surface area contributed by atoms with E-state index in [0.717, 1.165) is 31.4 Å². The summed E-state index contributed by atoms with van der Waals surface area (Å²) in [6.07, 6.45) is 10.4. The summed E-state index contributed by atoms with van der Waals surface area (Å²) in [5, 5.41) is 14.0. The van der Waals surface area contributed by atoms with Crippen LogP contribution in [0, 0.1) is 0 Å². The molecule has 0 saturated heterocycles. The molecule has 0 spiro atoms. The number of anilines is 1. The first-order valence-electron chi connectivity index (χ1n) is 8.27. The molecule has 0 radical (unpaired) electrons. The summed E-state index contributed by atoms with van der Waals surface area (Å²) in [5.74, 6) is 0. The summed E-state index contributed by atoms with van der Waals surface area (Å²) in [4.78, 5) is 0. The molecule has 2 rings (SSSR count). The maximum absolute atomic E-state index is 10.6. The second-order valence-electron chi connectivity index (χ2n) is 6.29. The number of hydrogen-bond acceptors (Lipinski definition) is 2. The number of rotatable bonds is 6. The van der Waals surface area contributed by atoms with Gasteiger partial charge in [-0.25, -0.2) is 0 Å². The standard InChI is InChI=1S/C18H29NO/c1-2-3-8-16-9-11-17(12-10-16)19-15-18(20)13-6-4-5-7-14-18/h9-12,19-20H,2-8,13-15H2,1H3. The Balaban J connectivity index is 1.83. The number of aryl methyl sites for hydroxylation is 1. The van der Waals surface area contributed by atoms with E-state index >= 15 is 0 Å². The summed E-state index contributed by atoms with van der Waals surface area (Å²) in [6, 6.07) is 8.69. The topological polar surface area (TPSA) is 32.3 Å². The summed E-state index contributed by atoms with van der Waals surface area (Å²) in [7, 11) is 0. The normalized spacial score (nSPS) is 18.5. The highest BCUT2D eigenvalue weighted by Gasteiger charge is 2.27. The van der Waals surface area contributed by atoms with Crippen molar-refractivity contribution in [3.05, 3.63) is 29.8 Å². The number of nitrogens with one attached hydrogen (secondary N) is 1. The number of benzene rings is 1. The molecule has 1 saturated carbocycles. The van der Waals surface area contributed by atoms with Gasteiger partial charge in [-0.3, -0.25) is 0 Å². The van der Waals surface area contributed by atoms with Crippen LogP contribution in [-0.4, -0.2) is 17.3 Å². The first-order valence-corrected chi connectivity index (χ1v) is 8.27. The van der Waals surface area contributed by atoms with Gasteiger partial charge in [0, 0.05) is 12.2 Å². The van der Waals surface area contributed by atoms with Crippen LogP contribution in [0.25, 0.3) is 0 Å². The second-order valence-corrected chi connectivity index (χ2v) is 6.29. The van der Waals surface area contributed by atoms with Crippen LogP contribution < -0.4 is 5.32 Å². The molecule has 2 heteroatoms. The molecule has 0 heterocycles. The fraction of sp³-hybridized carbons (Fsp3) is 0.667. The smallest absolute Gasteiger partial charge is 0.0819 e. The van der Waals surface area contributed by atoms with Gasteiger partial charge in [-0.15, -0.1) is 0 Å². The van der Waals surface area contributed by atoms with Crippen LogP contribution in [0.4, 0.5) is 5.69 Å². The minimum atomic E-state index is -0.503. The number of unbranched alkanes of at least 4 members (excludes halogenated alkanes) is 1. The maximum atomic E-state index is 10.6. The molecule has 1 aliphatic carbocycles. The lowest BCUT2D eigenvalue weighted by Gasteiger charge is -2.27. The van der Waals surface area contributed by atoms with Crippen molar-refractivity contribution in [2.24, 2.45) is 0 Å². The lowest BCUT2D eigenvalue weighted by molar-refractivity contribution is 0.0381. The van der Waals surface area contributed by atoms with Crippen LogP contribution in [0.5, 0.6) is 0 Å². The van der Waals surface area contributed by atoms with Crippen molar-refractivity contribution in [1.29, 1.82) is 0 Å². The zero-order chi connectivity index (χ0) is 14.3. The Labute approximate surface area is 123 Å². The summed E-state index contributed by atoms with van der Waals surface area (Å²) in [5.41, 5.74) is 2.03. The summed E-state index contributed by atoms with van der Waals surface area (Å²) < 4.78 is 0. The van der Waals surface area contributed by atoms with Crippen molar-refractivity contribution in [2.45, 2.75) is 70.3 Å². The van der Waals surface area contributed by atoms with Crippen LogP contribution in [0.15, 0.2) is 24.3 Å². The third-order valence-corrected chi connectivity index (χ3v) is 4.43. The average molecular weight is 275 g/mol. The molecule has 112 valence electrons. The van der Waals surface area contributed by atoms with E-state index in [4.69, 9.17) is 0 Å². The SMILES string of the molecule is CCCCc1ccc(NCC2(O)CCCCCC2)cc1. The second kappa shape index (κ2) is 7.68. The minimum absolute atomic E-state index is 0.503. The monoisotopic (exact) mass is 275 g/mol. The van der Waals surface area contributed by atoms with Gasteiger partial charge in [0.25, 0.3) is 0 Å². The fourth-order valence-corrected chi connectivity index (χ4v) is 3.00. The van der Waals surface area contributed by atoms with Gasteiger partial charge in [0.2, 0.25) is 0 Å². The predicted molar refractivity (Wildman–Crippen MR) is 86.2 cm³/mol. The van der Waals surface area contributed by atoms with Gasteiger partial charge in [0.15, 0.2) is 0 Å². The van der Waals surface area contributed by atoms with Crippen LogP contribution in [-0.2, 0) is 6.42 Å². The third-order valence-electron chi connectivity index (χ3n) is 4.43. The average Bonchev–Trinajstić information content (AvgIpc) is 2.69. The lowest BCUT2D eigenvalue weighted by Crippen LogP contribution is -2.36. The molecular weight excluding hydrogens is 246 g/mol. The Morgan fingerprint density at radius 3 is 2.30 bits per heavy atom. The van der Waals surface area contributed by atoms with Crippen molar-refractivity contribution in [3.8, 4) is 0 Å². The van der Waals surface area contributed by atoms with Crippen molar-refractivity contribution in [2.75, 3.05) is 11.9 Å². The highest BCUT2D eigenvalue weighted by atomic mass is 16.3. The molecule has 2 N–H and O–H groups in total. The van der Waals surface area contributed by atoms with Crippen molar-refractivity contribution < 1.29 is 5.11 Å². The molecule has 0 bridgehead atoms. The van der Waals surface area contributed by atoms with Crippen LogP contribution in [0.1, 0.15) is 63.9 Å². The largest absolute Gasteiger partial charge is 0.388 e. The zero-order valence-corrected chi connectivity index (χ0v) is 12.8. The minimum Gasteiger partial charge on any atom is -0.388 e. The van der Waals surface area contributed by atoms with Gasteiger partial charge in [0.05, 0.1) is 5.60 Å². The third kappa shape index (κ3) is 4.82. The first kappa shape index (κ1) is 15.4. The highest BCUT2D eigenvalue weighted by molar-refractivity contribution is 5.45. The highest BCUT2D eigenvalue weighted by Crippen LogP contribution is 2.27. The predicted octanol–water partition coefficient (Wildman–Crippen LogP) is 4.53. The first-order chi connectivity index (χ1) is 9.72. The molecule has 1 fully saturated rings. The Morgan fingerprint density at radius 1 is 1.05 bits per heavy atom. The molecule has 0 aliphatic heterocycles. The molecule has 20 heavy (non-hydrogen) atoms. The lowest BCUT2D eigenvalue weighted by atomic mass is 9.94. The Bertz CT molecular complexity index is 377. The quantitative estimate of drug-likeness (QED) is 0.748. The van der Waals surface area contributed by atoms with E-state index in [1.165, 1.54) is 37.7 Å². The Hall–Kier alpha value is -1.02. The van der Waals surface area contributed by atoms with Crippen molar-refractivity contribution >= 4 is 5.69 Å². The molecule has 0 atom stereocenters. The van der Waals surface area contributed by atoms with Gasteiger partial charge in [0.1, 0.15) is 0 Å². The molecule has 2 nitrogen and oxygen atoms in total. The van der Waals surface area contributed by atoms with Crippen molar-refractivity contribution in [1.82, 2.24) is 0 Å². The van der Waals surface area contributed by atoms with E-state index in [1.54, 1.807) is 0 Å². The van der Waals surface area contributed by atoms with E-state index in [1.807, 2.05) is 0 Å². The van der Waals surface area contributed by atoms with Gasteiger partial charge >= 0.3 is 0 Å². The van der Waals surface area contributed by atoms with E-state index in [9.17, 15) is 5.11 Å². The van der Waals surface area contributed by atoms with Gasteiger partial charge in [-0.2, -0.15) is 0 Å². The number of aliphatic hydroxyl groups is 1. The molecule has 0 aromatic heterocycles. The van der Waals surface area contributed by atoms with E-state index in [-0.39, 0.29) is 0 Å². The summed E-state index contributed by atoms with van der Waals surface area (Å²) in [6.45, 7) is 2.91. The molecule has 1 aromatic rings. The van der Waals surface area contributed by atoms with Gasteiger partial charge in [-0.05, 0) is 43.4 Å². The maximum Gasteiger partial charge on any atom is 0.0819 e. The fourth-order valence-electron chi connectivity index (χ4n) is 3.00. The van der Waals surface area contributed by atoms with Gasteiger partial charge in [-0.1, -0.05) is 51.2 Å². The van der Waals surface area contributed by atoms with Gasteiger partial charge < -0.3 is 10.4 Å². The zero-order valence-electron chi connectivity index (χ0n) is 12.8. The summed E-state index contributed by atoms with van der Waals surface area (Å²) >= 11 is 0. The molecule has 0 amide bonds. The van der Waals surface area contributed by atoms with E-state index < -0.39 is 5.60 Å². The number of hydrogen-bond donors (Lipinski definition) is 2. The molecule has 1 aromatic carbocycles. The molecular formula is C18H29NO. The Kier molecular flexibility index (Phi) is 5.90. The Morgan fingerprint density at radius 2 is 1.70 bits per heavy atom. The molecule has 1 aliphatic rings. The van der Waals surface area contributed by atoms with Crippen molar-refractivity contribution in [3.63, 3.8) is 0 Å².